The number of rotatable bonds is 8. The molecule has 0 saturated carbocycles. The average molecular weight is 245 g/mol. The minimum Gasteiger partial charge on any atom is -0.496 e. The molecule has 0 aliphatic heterocycles. The Hall–Kier alpha value is -0.620. The lowest BCUT2D eigenvalue weighted by atomic mass is 10.2. The number of ether oxygens (including phenoxy) is 2. The Morgan fingerprint density at radius 3 is 2.94 bits per heavy atom. The molecule has 0 saturated heterocycles. The third kappa shape index (κ3) is 4.09. The van der Waals surface area contributed by atoms with Crippen molar-refractivity contribution in [3.8, 4) is 5.75 Å². The zero-order valence-corrected chi connectivity index (χ0v) is 10.5. The summed E-state index contributed by atoms with van der Waals surface area (Å²) in [4.78, 5) is 1.17. The Morgan fingerprint density at radius 2 is 2.31 bits per heavy atom. The van der Waals surface area contributed by atoms with Crippen LogP contribution in [0.5, 0.6) is 5.75 Å². The normalized spacial score (nSPS) is 12.7. The number of methoxy groups -OCH3 is 2. The van der Waals surface area contributed by atoms with Crippen LogP contribution in [0.25, 0.3) is 0 Å². The third-order valence-corrected chi connectivity index (χ3v) is 3.22. The maximum Gasteiger partial charge on any atom is 0.134 e. The van der Waals surface area contributed by atoms with Crippen molar-refractivity contribution in [2.24, 2.45) is 0 Å². The van der Waals surface area contributed by atoms with Gasteiger partial charge in [0.2, 0.25) is 0 Å². The minimum absolute atomic E-state index is 0.169. The predicted octanol–water partition coefficient (Wildman–Crippen LogP) is 1.24. The van der Waals surface area contributed by atoms with E-state index in [1.165, 1.54) is 4.88 Å². The minimum atomic E-state index is 0.169. The zero-order valence-electron chi connectivity index (χ0n) is 9.73. The van der Waals surface area contributed by atoms with Crippen LogP contribution in [0.3, 0.4) is 0 Å². The number of hydrogen-bond donors (Lipinski definition) is 2. The van der Waals surface area contributed by atoms with Crippen LogP contribution in [0.2, 0.25) is 0 Å². The van der Waals surface area contributed by atoms with Gasteiger partial charge in [-0.05, 0) is 17.9 Å². The molecule has 1 unspecified atom stereocenters. The van der Waals surface area contributed by atoms with Gasteiger partial charge >= 0.3 is 0 Å². The Balaban J connectivity index is 2.41. The summed E-state index contributed by atoms with van der Waals surface area (Å²) >= 11 is 1.66. The zero-order chi connectivity index (χ0) is 11.8. The molecule has 1 atom stereocenters. The summed E-state index contributed by atoms with van der Waals surface area (Å²) < 4.78 is 10.3. The second-order valence-corrected chi connectivity index (χ2v) is 4.46. The Morgan fingerprint density at radius 1 is 1.50 bits per heavy atom. The van der Waals surface area contributed by atoms with Crippen LogP contribution in [0.1, 0.15) is 11.3 Å². The van der Waals surface area contributed by atoms with Crippen LogP contribution in [0, 0.1) is 0 Å². The maximum absolute atomic E-state index is 8.90. The van der Waals surface area contributed by atoms with E-state index in [1.807, 2.05) is 11.4 Å². The molecule has 1 rings (SSSR count). The Labute approximate surface area is 100 Å². The van der Waals surface area contributed by atoms with Gasteiger partial charge in [-0.1, -0.05) is 0 Å². The molecule has 0 amide bonds. The monoisotopic (exact) mass is 245 g/mol. The highest BCUT2D eigenvalue weighted by Crippen LogP contribution is 2.24. The van der Waals surface area contributed by atoms with Crippen LogP contribution >= 0.6 is 11.3 Å². The molecular formula is C11H19NO3S. The van der Waals surface area contributed by atoms with Crippen molar-refractivity contribution in [3.63, 3.8) is 0 Å². The first kappa shape index (κ1) is 13.4. The van der Waals surface area contributed by atoms with E-state index < -0.39 is 0 Å². The van der Waals surface area contributed by atoms with E-state index in [9.17, 15) is 0 Å². The molecule has 1 heterocycles. The van der Waals surface area contributed by atoms with E-state index in [4.69, 9.17) is 14.6 Å². The molecule has 0 aliphatic carbocycles. The highest BCUT2D eigenvalue weighted by atomic mass is 32.1. The van der Waals surface area contributed by atoms with Crippen molar-refractivity contribution in [2.75, 3.05) is 27.4 Å². The highest BCUT2D eigenvalue weighted by molar-refractivity contribution is 7.10. The van der Waals surface area contributed by atoms with Gasteiger partial charge < -0.3 is 19.9 Å². The van der Waals surface area contributed by atoms with Crippen molar-refractivity contribution < 1.29 is 14.6 Å². The smallest absolute Gasteiger partial charge is 0.134 e. The van der Waals surface area contributed by atoms with Crippen LogP contribution in [-0.4, -0.2) is 38.6 Å². The van der Waals surface area contributed by atoms with E-state index in [-0.39, 0.29) is 12.6 Å². The van der Waals surface area contributed by atoms with Gasteiger partial charge in [0, 0.05) is 26.3 Å². The van der Waals surface area contributed by atoms with Crippen molar-refractivity contribution in [3.05, 3.63) is 16.3 Å². The van der Waals surface area contributed by atoms with Crippen LogP contribution in [-0.2, 0) is 11.3 Å². The molecule has 0 aromatic carbocycles. The van der Waals surface area contributed by atoms with E-state index >= 15 is 0 Å². The molecule has 1 aromatic heterocycles. The van der Waals surface area contributed by atoms with Crippen LogP contribution in [0.15, 0.2) is 11.4 Å². The van der Waals surface area contributed by atoms with E-state index in [0.717, 1.165) is 12.3 Å². The molecule has 4 nitrogen and oxygen atoms in total. The fourth-order valence-electron chi connectivity index (χ4n) is 1.48. The number of aliphatic hydroxyl groups excluding tert-OH is 1. The molecular weight excluding hydrogens is 226 g/mol. The lowest BCUT2D eigenvalue weighted by Crippen LogP contribution is -2.33. The summed E-state index contributed by atoms with van der Waals surface area (Å²) in [6.45, 7) is 1.52. The first-order valence-corrected chi connectivity index (χ1v) is 6.13. The van der Waals surface area contributed by atoms with Gasteiger partial charge in [-0.15, -0.1) is 11.3 Å². The Kier molecular flexibility index (Phi) is 6.40. The molecule has 0 radical (unpaired) electrons. The van der Waals surface area contributed by atoms with Gasteiger partial charge in [-0.2, -0.15) is 0 Å². The van der Waals surface area contributed by atoms with Gasteiger partial charge in [0.1, 0.15) is 5.75 Å². The van der Waals surface area contributed by atoms with E-state index in [0.29, 0.717) is 13.0 Å². The lowest BCUT2D eigenvalue weighted by Gasteiger charge is -2.16. The highest BCUT2D eigenvalue weighted by Gasteiger charge is 2.09. The lowest BCUT2D eigenvalue weighted by molar-refractivity contribution is 0.148. The first-order chi connectivity index (χ1) is 7.81. The van der Waals surface area contributed by atoms with Crippen molar-refractivity contribution in [1.82, 2.24) is 5.32 Å². The third-order valence-electron chi connectivity index (χ3n) is 2.32. The largest absolute Gasteiger partial charge is 0.496 e. The van der Waals surface area contributed by atoms with Gasteiger partial charge in [0.15, 0.2) is 0 Å². The standard InChI is InChI=1S/C11H19NO3S/c1-14-8-9(3-5-13)12-7-11-10(15-2)4-6-16-11/h4,6,9,12-13H,3,5,7-8H2,1-2H3. The molecule has 5 heteroatoms. The molecule has 0 fully saturated rings. The number of nitrogens with one attached hydrogen (secondary N) is 1. The first-order valence-electron chi connectivity index (χ1n) is 5.25. The molecule has 2 N–H and O–H groups in total. The maximum atomic E-state index is 8.90. The second-order valence-electron chi connectivity index (χ2n) is 3.46. The second kappa shape index (κ2) is 7.62. The number of hydrogen-bond acceptors (Lipinski definition) is 5. The van der Waals surface area contributed by atoms with Crippen molar-refractivity contribution in [2.45, 2.75) is 19.0 Å². The van der Waals surface area contributed by atoms with Gasteiger partial charge in [0.25, 0.3) is 0 Å². The van der Waals surface area contributed by atoms with E-state index in [2.05, 4.69) is 5.32 Å². The van der Waals surface area contributed by atoms with Gasteiger partial charge in [-0.25, -0.2) is 0 Å². The molecule has 92 valence electrons. The van der Waals surface area contributed by atoms with Gasteiger partial charge in [-0.3, -0.25) is 0 Å². The summed E-state index contributed by atoms with van der Waals surface area (Å²) in [5, 5.41) is 14.3. The Bertz CT molecular complexity index is 285. The quantitative estimate of drug-likeness (QED) is 0.723. The van der Waals surface area contributed by atoms with Crippen molar-refractivity contribution >= 4 is 11.3 Å². The van der Waals surface area contributed by atoms with Crippen LogP contribution in [0.4, 0.5) is 0 Å². The summed E-state index contributed by atoms with van der Waals surface area (Å²) in [6, 6.07) is 2.14. The topological polar surface area (TPSA) is 50.7 Å². The molecule has 0 spiro atoms. The molecule has 0 aliphatic rings. The molecule has 16 heavy (non-hydrogen) atoms. The molecule has 0 bridgehead atoms. The summed E-state index contributed by atoms with van der Waals surface area (Å²) in [5.74, 6) is 0.915. The molecule has 1 aromatic rings. The van der Waals surface area contributed by atoms with E-state index in [1.54, 1.807) is 25.6 Å². The summed E-state index contributed by atoms with van der Waals surface area (Å²) in [7, 11) is 3.34. The average Bonchev–Trinajstić information content (AvgIpc) is 2.74. The summed E-state index contributed by atoms with van der Waals surface area (Å²) in [5.41, 5.74) is 0. The number of thiophene rings is 1. The predicted molar refractivity (Wildman–Crippen MR) is 65.1 cm³/mol. The fourth-order valence-corrected chi connectivity index (χ4v) is 2.27. The van der Waals surface area contributed by atoms with Crippen LogP contribution < -0.4 is 10.1 Å². The van der Waals surface area contributed by atoms with Gasteiger partial charge in [0.05, 0.1) is 18.6 Å². The SMILES string of the molecule is COCC(CCO)NCc1sccc1OC. The number of aliphatic hydroxyl groups is 1. The van der Waals surface area contributed by atoms with Crippen molar-refractivity contribution in [1.29, 1.82) is 0 Å². The fraction of sp³-hybridized carbons (Fsp3) is 0.636. The summed E-state index contributed by atoms with van der Waals surface area (Å²) in [6.07, 6.45) is 0.696.